The van der Waals surface area contributed by atoms with Gasteiger partial charge in [0.1, 0.15) is 5.75 Å². The zero-order valence-corrected chi connectivity index (χ0v) is 11.8. The van der Waals surface area contributed by atoms with Crippen LogP contribution in [0.4, 0.5) is 0 Å². The summed E-state index contributed by atoms with van der Waals surface area (Å²) in [4.78, 5) is 11.3. The van der Waals surface area contributed by atoms with E-state index in [1.807, 2.05) is 19.9 Å². The average molecular weight is 262 g/mol. The molecule has 1 aromatic rings. The summed E-state index contributed by atoms with van der Waals surface area (Å²) in [5, 5.41) is 3.37. The highest BCUT2D eigenvalue weighted by Crippen LogP contribution is 2.28. The van der Waals surface area contributed by atoms with Crippen molar-refractivity contribution >= 4 is 5.91 Å². The molecule has 1 aliphatic rings. The molecule has 19 heavy (non-hydrogen) atoms. The van der Waals surface area contributed by atoms with E-state index in [2.05, 4.69) is 24.4 Å². The van der Waals surface area contributed by atoms with Gasteiger partial charge in [0.25, 0.3) is 0 Å². The van der Waals surface area contributed by atoms with Crippen LogP contribution in [-0.2, 0) is 11.2 Å². The number of fused-ring (bicyclic) bond motifs is 1. The predicted octanol–water partition coefficient (Wildman–Crippen LogP) is 1.78. The van der Waals surface area contributed by atoms with Gasteiger partial charge in [0.15, 0.2) is 0 Å². The summed E-state index contributed by atoms with van der Waals surface area (Å²) < 4.78 is 5.50. The van der Waals surface area contributed by atoms with Gasteiger partial charge < -0.3 is 15.8 Å². The average Bonchev–Trinajstić information content (AvgIpc) is 2.82. The van der Waals surface area contributed by atoms with E-state index in [1.54, 1.807) is 0 Å². The maximum absolute atomic E-state index is 11.3. The van der Waals surface area contributed by atoms with Crippen LogP contribution < -0.4 is 15.8 Å². The minimum absolute atomic E-state index is 0.185. The van der Waals surface area contributed by atoms with Gasteiger partial charge in [0.05, 0.1) is 12.0 Å². The van der Waals surface area contributed by atoms with E-state index in [0.717, 1.165) is 18.8 Å². The Balaban J connectivity index is 2.00. The molecule has 0 bridgehead atoms. The molecule has 0 aromatic heterocycles. The lowest BCUT2D eigenvalue weighted by atomic mass is 9.92. The Kier molecular flexibility index (Phi) is 3.80. The molecule has 3 N–H and O–H groups in total. The van der Waals surface area contributed by atoms with Gasteiger partial charge in [-0.2, -0.15) is 0 Å². The van der Waals surface area contributed by atoms with Crippen molar-refractivity contribution in [1.29, 1.82) is 0 Å². The predicted molar refractivity (Wildman–Crippen MR) is 75.0 cm³/mol. The van der Waals surface area contributed by atoms with Crippen LogP contribution in [-0.4, -0.2) is 19.1 Å². The molecule has 1 unspecified atom stereocenters. The molecule has 4 nitrogen and oxygen atoms in total. The molecule has 0 aliphatic carbocycles. The van der Waals surface area contributed by atoms with Gasteiger partial charge in [-0.15, -0.1) is 0 Å². The Morgan fingerprint density at radius 1 is 1.53 bits per heavy atom. The third-order valence-corrected chi connectivity index (χ3v) is 3.73. The second-order valence-electron chi connectivity index (χ2n) is 5.82. The van der Waals surface area contributed by atoms with Crippen molar-refractivity contribution in [2.24, 2.45) is 11.1 Å². The number of ether oxygens (including phenoxy) is 1. The van der Waals surface area contributed by atoms with Gasteiger partial charge in [-0.25, -0.2) is 0 Å². The molecular weight excluding hydrogens is 240 g/mol. The van der Waals surface area contributed by atoms with Crippen molar-refractivity contribution in [2.45, 2.75) is 33.2 Å². The number of amides is 1. The van der Waals surface area contributed by atoms with Crippen molar-refractivity contribution in [1.82, 2.24) is 5.32 Å². The van der Waals surface area contributed by atoms with Crippen LogP contribution in [0.5, 0.6) is 5.75 Å². The van der Waals surface area contributed by atoms with E-state index in [0.29, 0.717) is 6.54 Å². The standard InChI is InChI=1S/C15H22N2O2/c1-10(17-9-15(2,3)14(16)18)11-4-5-13-12(8-11)6-7-19-13/h4-5,8,10,17H,6-7,9H2,1-3H3,(H2,16,18). The molecule has 0 spiro atoms. The van der Waals surface area contributed by atoms with E-state index in [-0.39, 0.29) is 11.9 Å². The zero-order valence-electron chi connectivity index (χ0n) is 11.8. The minimum atomic E-state index is -0.534. The monoisotopic (exact) mass is 262 g/mol. The number of carbonyl (C=O) groups excluding carboxylic acids is 1. The van der Waals surface area contributed by atoms with Crippen LogP contribution in [0.25, 0.3) is 0 Å². The van der Waals surface area contributed by atoms with Crippen LogP contribution in [0.3, 0.4) is 0 Å². The van der Waals surface area contributed by atoms with Crippen LogP contribution in [0.15, 0.2) is 18.2 Å². The minimum Gasteiger partial charge on any atom is -0.493 e. The fraction of sp³-hybridized carbons (Fsp3) is 0.533. The Hall–Kier alpha value is -1.55. The van der Waals surface area contributed by atoms with E-state index in [1.165, 1.54) is 11.1 Å². The maximum atomic E-state index is 11.3. The van der Waals surface area contributed by atoms with Crippen molar-refractivity contribution < 1.29 is 9.53 Å². The molecule has 1 aliphatic heterocycles. The normalized spacial score (nSPS) is 15.7. The van der Waals surface area contributed by atoms with E-state index < -0.39 is 5.41 Å². The van der Waals surface area contributed by atoms with Gasteiger partial charge in [-0.3, -0.25) is 4.79 Å². The summed E-state index contributed by atoms with van der Waals surface area (Å²) in [6.45, 7) is 7.14. The molecular formula is C15H22N2O2. The number of carbonyl (C=O) groups is 1. The number of primary amides is 1. The first-order valence-corrected chi connectivity index (χ1v) is 6.69. The highest BCUT2D eigenvalue weighted by molar-refractivity contribution is 5.80. The first kappa shape index (κ1) is 13.9. The third-order valence-electron chi connectivity index (χ3n) is 3.73. The zero-order chi connectivity index (χ0) is 14.0. The van der Waals surface area contributed by atoms with Crippen LogP contribution in [0.2, 0.25) is 0 Å². The summed E-state index contributed by atoms with van der Waals surface area (Å²) in [6.07, 6.45) is 0.975. The molecule has 0 saturated heterocycles. The number of nitrogens with two attached hydrogens (primary N) is 1. The molecule has 4 heteroatoms. The number of benzene rings is 1. The lowest BCUT2D eigenvalue weighted by molar-refractivity contribution is -0.125. The molecule has 0 fully saturated rings. The first-order valence-electron chi connectivity index (χ1n) is 6.69. The van der Waals surface area contributed by atoms with E-state index in [9.17, 15) is 4.79 Å². The smallest absolute Gasteiger partial charge is 0.224 e. The molecule has 1 amide bonds. The quantitative estimate of drug-likeness (QED) is 0.850. The lowest BCUT2D eigenvalue weighted by Crippen LogP contribution is -2.41. The molecule has 1 heterocycles. The largest absolute Gasteiger partial charge is 0.493 e. The summed E-state index contributed by atoms with van der Waals surface area (Å²) in [6, 6.07) is 6.45. The molecule has 2 rings (SSSR count). The Bertz CT molecular complexity index is 483. The van der Waals surface area contributed by atoms with Crippen molar-refractivity contribution in [2.75, 3.05) is 13.2 Å². The number of hydrogen-bond acceptors (Lipinski definition) is 3. The van der Waals surface area contributed by atoms with Crippen LogP contribution in [0.1, 0.15) is 37.9 Å². The number of rotatable bonds is 5. The Morgan fingerprint density at radius 2 is 2.26 bits per heavy atom. The van der Waals surface area contributed by atoms with Crippen molar-refractivity contribution in [3.8, 4) is 5.75 Å². The van der Waals surface area contributed by atoms with Crippen LogP contribution >= 0.6 is 0 Å². The SMILES string of the molecule is CC(NCC(C)(C)C(N)=O)c1ccc2c(c1)CCO2. The van der Waals surface area contributed by atoms with Gasteiger partial charge in [-0.05, 0) is 38.0 Å². The highest BCUT2D eigenvalue weighted by atomic mass is 16.5. The molecule has 104 valence electrons. The molecule has 0 radical (unpaired) electrons. The van der Waals surface area contributed by atoms with Gasteiger partial charge in [0.2, 0.25) is 5.91 Å². The number of nitrogens with one attached hydrogen (secondary N) is 1. The second-order valence-corrected chi connectivity index (χ2v) is 5.82. The van der Waals surface area contributed by atoms with E-state index >= 15 is 0 Å². The van der Waals surface area contributed by atoms with Gasteiger partial charge >= 0.3 is 0 Å². The summed E-state index contributed by atoms with van der Waals surface area (Å²) >= 11 is 0. The fourth-order valence-electron chi connectivity index (χ4n) is 2.09. The summed E-state index contributed by atoms with van der Waals surface area (Å²) in [5.41, 5.74) is 7.32. The van der Waals surface area contributed by atoms with Crippen LogP contribution in [0, 0.1) is 5.41 Å². The second kappa shape index (κ2) is 5.21. The van der Waals surface area contributed by atoms with Gasteiger partial charge in [-0.1, -0.05) is 12.1 Å². The fourth-order valence-corrected chi connectivity index (χ4v) is 2.09. The van der Waals surface area contributed by atoms with Crippen molar-refractivity contribution in [3.05, 3.63) is 29.3 Å². The summed E-state index contributed by atoms with van der Waals surface area (Å²) in [7, 11) is 0. The van der Waals surface area contributed by atoms with Gasteiger partial charge in [0, 0.05) is 19.0 Å². The topological polar surface area (TPSA) is 64.3 Å². The van der Waals surface area contributed by atoms with E-state index in [4.69, 9.17) is 10.5 Å². The summed E-state index contributed by atoms with van der Waals surface area (Å²) in [5.74, 6) is 0.711. The first-order chi connectivity index (χ1) is 8.90. The Labute approximate surface area is 114 Å². The highest BCUT2D eigenvalue weighted by Gasteiger charge is 2.25. The molecule has 0 saturated carbocycles. The van der Waals surface area contributed by atoms with Crippen molar-refractivity contribution in [3.63, 3.8) is 0 Å². The molecule has 1 aromatic carbocycles. The maximum Gasteiger partial charge on any atom is 0.224 e. The lowest BCUT2D eigenvalue weighted by Gasteiger charge is -2.24. The molecule has 1 atom stereocenters. The third kappa shape index (κ3) is 3.07. The Morgan fingerprint density at radius 3 is 2.95 bits per heavy atom. The number of hydrogen-bond donors (Lipinski definition) is 2.